The van der Waals surface area contributed by atoms with Crippen molar-refractivity contribution in [1.29, 1.82) is 0 Å². The van der Waals surface area contributed by atoms with Gasteiger partial charge in [-0.05, 0) is 25.6 Å². The van der Waals surface area contributed by atoms with E-state index in [1.807, 2.05) is 24.3 Å². The van der Waals surface area contributed by atoms with E-state index in [1.54, 1.807) is 18.9 Å². The monoisotopic (exact) mass is 251 g/mol. The van der Waals surface area contributed by atoms with Crippen LogP contribution in [-0.4, -0.2) is 42.2 Å². The Morgan fingerprint density at radius 2 is 2.17 bits per heavy atom. The molecule has 1 rings (SSSR count). The van der Waals surface area contributed by atoms with Gasteiger partial charge in [-0.15, -0.1) is 0 Å². The van der Waals surface area contributed by atoms with Crippen LogP contribution in [0, 0.1) is 0 Å². The summed E-state index contributed by atoms with van der Waals surface area (Å²) in [7, 11) is 1.79. The molecule has 1 aromatic rings. The van der Waals surface area contributed by atoms with E-state index in [4.69, 9.17) is 5.73 Å². The van der Waals surface area contributed by atoms with Crippen molar-refractivity contribution in [3.05, 3.63) is 29.8 Å². The Kier molecular flexibility index (Phi) is 5.77. The van der Waals surface area contributed by atoms with Crippen LogP contribution in [-0.2, 0) is 11.3 Å². The van der Waals surface area contributed by atoms with Crippen LogP contribution in [0.15, 0.2) is 24.3 Å². The Hall–Kier alpha value is -1.43. The summed E-state index contributed by atoms with van der Waals surface area (Å²) in [4.78, 5) is 13.6. The van der Waals surface area contributed by atoms with Gasteiger partial charge in [0.1, 0.15) is 0 Å². The number of aliphatic hydroxyl groups is 1. The van der Waals surface area contributed by atoms with Crippen molar-refractivity contribution in [2.75, 3.05) is 25.5 Å². The van der Waals surface area contributed by atoms with Crippen LogP contribution in [0.4, 0.5) is 5.69 Å². The number of anilines is 1. The Morgan fingerprint density at radius 3 is 2.78 bits per heavy atom. The first-order valence-corrected chi connectivity index (χ1v) is 5.97. The molecule has 0 bridgehead atoms. The summed E-state index contributed by atoms with van der Waals surface area (Å²) in [5.74, 6) is -0.112. The maximum absolute atomic E-state index is 11.8. The molecule has 0 saturated carbocycles. The van der Waals surface area contributed by atoms with Gasteiger partial charge in [-0.1, -0.05) is 18.2 Å². The minimum Gasteiger partial charge on any atom is -0.392 e. The Bertz CT molecular complexity index is 394. The third-order valence-electron chi connectivity index (χ3n) is 2.50. The number of rotatable bonds is 6. The van der Waals surface area contributed by atoms with Gasteiger partial charge in [0, 0.05) is 18.8 Å². The normalized spacial score (nSPS) is 12.5. The summed E-state index contributed by atoms with van der Waals surface area (Å²) in [6, 6.07) is 7.45. The zero-order valence-electron chi connectivity index (χ0n) is 10.9. The van der Waals surface area contributed by atoms with E-state index in [2.05, 4.69) is 5.32 Å². The minimum atomic E-state index is -0.445. The molecular formula is C13H21N3O2. The highest BCUT2D eigenvalue weighted by molar-refractivity contribution is 5.92. The number of carbonyl (C=O) groups excluding carboxylic acids is 1. The lowest BCUT2D eigenvalue weighted by atomic mass is 10.2. The fraction of sp³-hybridized carbons (Fsp3) is 0.462. The fourth-order valence-corrected chi connectivity index (χ4v) is 1.77. The van der Waals surface area contributed by atoms with Crippen LogP contribution in [0.3, 0.4) is 0 Å². The lowest BCUT2D eigenvalue weighted by Crippen LogP contribution is -2.34. The first-order valence-electron chi connectivity index (χ1n) is 5.97. The van der Waals surface area contributed by atoms with E-state index in [-0.39, 0.29) is 12.5 Å². The molecule has 0 aromatic heterocycles. The largest absolute Gasteiger partial charge is 0.392 e. The van der Waals surface area contributed by atoms with Crippen molar-refractivity contribution in [2.45, 2.75) is 19.6 Å². The van der Waals surface area contributed by atoms with Crippen LogP contribution < -0.4 is 11.1 Å². The van der Waals surface area contributed by atoms with E-state index in [9.17, 15) is 9.90 Å². The number of carbonyl (C=O) groups is 1. The number of nitrogens with zero attached hydrogens (tertiary/aromatic N) is 1. The third-order valence-corrected chi connectivity index (χ3v) is 2.50. The van der Waals surface area contributed by atoms with Crippen LogP contribution >= 0.6 is 0 Å². The molecule has 4 N–H and O–H groups in total. The predicted octanol–water partition coefficient (Wildman–Crippen LogP) is 0.396. The van der Waals surface area contributed by atoms with E-state index in [0.717, 1.165) is 11.3 Å². The van der Waals surface area contributed by atoms with Crippen molar-refractivity contribution in [3.8, 4) is 0 Å². The summed E-state index contributed by atoms with van der Waals surface area (Å²) in [5, 5.41) is 12.0. The van der Waals surface area contributed by atoms with Crippen molar-refractivity contribution in [2.24, 2.45) is 5.73 Å². The molecular weight excluding hydrogens is 230 g/mol. The molecule has 0 aliphatic heterocycles. The van der Waals surface area contributed by atoms with Crippen LogP contribution in [0.2, 0.25) is 0 Å². The highest BCUT2D eigenvalue weighted by atomic mass is 16.3. The molecule has 0 aliphatic rings. The SMILES string of the molecule is CC(O)CN(C)CC(=O)Nc1ccccc1CN. The molecule has 100 valence electrons. The number of aliphatic hydroxyl groups excluding tert-OH is 1. The van der Waals surface area contributed by atoms with Gasteiger partial charge < -0.3 is 16.2 Å². The Morgan fingerprint density at radius 1 is 1.50 bits per heavy atom. The van der Waals surface area contributed by atoms with Crippen molar-refractivity contribution in [3.63, 3.8) is 0 Å². The number of nitrogens with two attached hydrogens (primary N) is 1. The molecule has 18 heavy (non-hydrogen) atoms. The summed E-state index contributed by atoms with van der Waals surface area (Å²) < 4.78 is 0. The van der Waals surface area contributed by atoms with E-state index >= 15 is 0 Å². The molecule has 1 amide bonds. The Labute approximate surface area is 108 Å². The first-order chi connectivity index (χ1) is 8.52. The second-order valence-electron chi connectivity index (χ2n) is 4.46. The van der Waals surface area contributed by atoms with Crippen molar-refractivity contribution in [1.82, 2.24) is 4.90 Å². The number of likely N-dealkylation sites (N-methyl/N-ethyl adjacent to an activating group) is 1. The molecule has 5 nitrogen and oxygen atoms in total. The molecule has 0 aliphatic carbocycles. The standard InChI is InChI=1S/C13H21N3O2/c1-10(17)8-16(2)9-13(18)15-12-6-4-3-5-11(12)7-14/h3-6,10,17H,7-9,14H2,1-2H3,(H,15,18). The molecule has 0 saturated heterocycles. The van der Waals surface area contributed by atoms with Gasteiger partial charge in [-0.2, -0.15) is 0 Å². The van der Waals surface area contributed by atoms with Crippen LogP contribution in [0.1, 0.15) is 12.5 Å². The molecule has 5 heteroatoms. The van der Waals surface area contributed by atoms with E-state index < -0.39 is 6.10 Å². The maximum Gasteiger partial charge on any atom is 0.238 e. The maximum atomic E-state index is 11.8. The topological polar surface area (TPSA) is 78.6 Å². The zero-order chi connectivity index (χ0) is 13.5. The fourth-order valence-electron chi connectivity index (χ4n) is 1.77. The van der Waals surface area contributed by atoms with Gasteiger partial charge in [-0.25, -0.2) is 0 Å². The number of para-hydroxylation sites is 1. The van der Waals surface area contributed by atoms with E-state index in [0.29, 0.717) is 13.1 Å². The average molecular weight is 251 g/mol. The quantitative estimate of drug-likeness (QED) is 0.683. The molecule has 0 fully saturated rings. The smallest absolute Gasteiger partial charge is 0.238 e. The number of hydrogen-bond donors (Lipinski definition) is 3. The summed E-state index contributed by atoms with van der Waals surface area (Å²) in [6.45, 7) is 2.79. The van der Waals surface area contributed by atoms with Crippen molar-refractivity contribution >= 4 is 11.6 Å². The predicted molar refractivity (Wildman–Crippen MR) is 72.1 cm³/mol. The van der Waals surface area contributed by atoms with Gasteiger partial charge in [0.05, 0.1) is 12.6 Å². The highest BCUT2D eigenvalue weighted by Gasteiger charge is 2.10. The van der Waals surface area contributed by atoms with Gasteiger partial charge in [-0.3, -0.25) is 9.69 Å². The molecule has 1 atom stereocenters. The lowest BCUT2D eigenvalue weighted by molar-refractivity contribution is -0.117. The summed E-state index contributed by atoms with van der Waals surface area (Å²) >= 11 is 0. The Balaban J connectivity index is 2.54. The number of amides is 1. The first kappa shape index (κ1) is 14.6. The number of hydrogen-bond acceptors (Lipinski definition) is 4. The number of nitrogens with one attached hydrogen (secondary N) is 1. The second-order valence-corrected chi connectivity index (χ2v) is 4.46. The van der Waals surface area contributed by atoms with Crippen LogP contribution in [0.5, 0.6) is 0 Å². The molecule has 0 spiro atoms. The average Bonchev–Trinajstić information content (AvgIpc) is 2.28. The van der Waals surface area contributed by atoms with E-state index in [1.165, 1.54) is 0 Å². The zero-order valence-corrected chi connectivity index (χ0v) is 10.9. The van der Waals surface area contributed by atoms with Gasteiger partial charge in [0.25, 0.3) is 0 Å². The third kappa shape index (κ3) is 4.83. The highest BCUT2D eigenvalue weighted by Crippen LogP contribution is 2.13. The van der Waals surface area contributed by atoms with Gasteiger partial charge >= 0.3 is 0 Å². The lowest BCUT2D eigenvalue weighted by Gasteiger charge is -2.18. The molecule has 1 aromatic carbocycles. The molecule has 0 radical (unpaired) electrons. The molecule has 0 heterocycles. The number of benzene rings is 1. The molecule has 1 unspecified atom stereocenters. The van der Waals surface area contributed by atoms with Crippen molar-refractivity contribution < 1.29 is 9.90 Å². The second kappa shape index (κ2) is 7.10. The summed E-state index contributed by atoms with van der Waals surface area (Å²) in [5.41, 5.74) is 7.25. The minimum absolute atomic E-state index is 0.112. The van der Waals surface area contributed by atoms with Gasteiger partial charge in [0.15, 0.2) is 0 Å². The summed E-state index contributed by atoms with van der Waals surface area (Å²) in [6.07, 6.45) is -0.445. The van der Waals surface area contributed by atoms with Crippen LogP contribution in [0.25, 0.3) is 0 Å². The van der Waals surface area contributed by atoms with Gasteiger partial charge in [0.2, 0.25) is 5.91 Å².